The Morgan fingerprint density at radius 3 is 2.48 bits per heavy atom. The fourth-order valence-electron chi connectivity index (χ4n) is 2.50. The van der Waals surface area contributed by atoms with Crippen molar-refractivity contribution in [1.29, 1.82) is 0 Å². The summed E-state index contributed by atoms with van der Waals surface area (Å²) in [6.07, 6.45) is -3.83. The second kappa shape index (κ2) is 6.96. The van der Waals surface area contributed by atoms with Crippen molar-refractivity contribution in [2.24, 2.45) is 5.10 Å². The molecule has 2 aromatic rings. The highest BCUT2D eigenvalue weighted by molar-refractivity contribution is 6.35. The molecule has 0 fully saturated rings. The van der Waals surface area contributed by atoms with E-state index in [4.69, 9.17) is 16.3 Å². The van der Waals surface area contributed by atoms with Gasteiger partial charge in [-0.1, -0.05) is 29.8 Å². The van der Waals surface area contributed by atoms with Gasteiger partial charge in [-0.05, 0) is 35.9 Å². The van der Waals surface area contributed by atoms with Crippen LogP contribution < -0.4 is 9.75 Å². The fourth-order valence-corrected chi connectivity index (χ4v) is 2.72. The molecule has 0 spiro atoms. The smallest absolute Gasteiger partial charge is 0.435 e. The summed E-state index contributed by atoms with van der Waals surface area (Å²) in [4.78, 5) is 12.6. The van der Waals surface area contributed by atoms with Gasteiger partial charge in [-0.15, -0.1) is 0 Å². The molecule has 0 bridgehead atoms. The largest absolute Gasteiger partial charge is 0.503 e. The molecule has 140 valence electrons. The first-order valence-corrected chi connectivity index (χ1v) is 7.94. The lowest BCUT2D eigenvalue weighted by atomic mass is 10.1. The van der Waals surface area contributed by atoms with Gasteiger partial charge < -0.3 is 9.84 Å². The summed E-state index contributed by atoms with van der Waals surface area (Å²) >= 11 is 5.86. The van der Waals surface area contributed by atoms with E-state index in [1.807, 2.05) is 0 Å². The SMILES string of the molecule is COc1cc(/C=C2\C(=O)N(c3ccccc3)N=C2C(F)(F)F)cc(Cl)c1O. The summed E-state index contributed by atoms with van der Waals surface area (Å²) in [5.41, 5.74) is -1.62. The van der Waals surface area contributed by atoms with Gasteiger partial charge in [0, 0.05) is 0 Å². The number of phenols is 1. The number of rotatable bonds is 3. The molecule has 1 N–H and O–H groups in total. The number of hydrogen-bond acceptors (Lipinski definition) is 4. The summed E-state index contributed by atoms with van der Waals surface area (Å²) in [5, 5.41) is 13.8. The van der Waals surface area contributed by atoms with Crippen molar-refractivity contribution >= 4 is 35.0 Å². The van der Waals surface area contributed by atoms with E-state index < -0.39 is 23.4 Å². The van der Waals surface area contributed by atoms with E-state index in [1.165, 1.54) is 31.4 Å². The second-order valence-electron chi connectivity index (χ2n) is 5.51. The van der Waals surface area contributed by atoms with E-state index in [2.05, 4.69) is 5.10 Å². The number of alkyl halides is 3. The number of benzene rings is 2. The van der Waals surface area contributed by atoms with Crippen molar-refractivity contribution in [2.75, 3.05) is 12.1 Å². The molecule has 0 saturated carbocycles. The zero-order valence-electron chi connectivity index (χ0n) is 13.8. The molecule has 27 heavy (non-hydrogen) atoms. The Balaban J connectivity index is 2.11. The molecule has 9 heteroatoms. The zero-order chi connectivity index (χ0) is 19.8. The lowest BCUT2D eigenvalue weighted by molar-refractivity contribution is -0.114. The Hall–Kier alpha value is -3.00. The molecular weight excluding hydrogens is 385 g/mol. The van der Waals surface area contributed by atoms with Crippen LogP contribution in [0.15, 0.2) is 53.1 Å². The minimum atomic E-state index is -4.84. The molecule has 1 amide bonds. The molecule has 3 rings (SSSR count). The van der Waals surface area contributed by atoms with Crippen molar-refractivity contribution in [1.82, 2.24) is 0 Å². The lowest BCUT2D eigenvalue weighted by Crippen LogP contribution is -2.25. The van der Waals surface area contributed by atoms with Crippen molar-refractivity contribution in [3.8, 4) is 11.5 Å². The lowest BCUT2D eigenvalue weighted by Gasteiger charge is -2.11. The molecular formula is C18H12ClF3N2O3. The highest BCUT2D eigenvalue weighted by atomic mass is 35.5. The van der Waals surface area contributed by atoms with E-state index in [0.29, 0.717) is 5.01 Å². The summed E-state index contributed by atoms with van der Waals surface area (Å²) in [7, 11) is 1.27. The minimum Gasteiger partial charge on any atom is -0.503 e. The summed E-state index contributed by atoms with van der Waals surface area (Å²) < 4.78 is 45.2. The van der Waals surface area contributed by atoms with Crippen LogP contribution in [0.4, 0.5) is 18.9 Å². The first-order chi connectivity index (χ1) is 12.7. The van der Waals surface area contributed by atoms with Gasteiger partial charge in [0.1, 0.15) is 0 Å². The third-order valence-electron chi connectivity index (χ3n) is 3.73. The first-order valence-electron chi connectivity index (χ1n) is 7.56. The van der Waals surface area contributed by atoms with Crippen molar-refractivity contribution in [3.63, 3.8) is 0 Å². The molecule has 5 nitrogen and oxygen atoms in total. The van der Waals surface area contributed by atoms with Gasteiger partial charge in [0.2, 0.25) is 0 Å². The van der Waals surface area contributed by atoms with Crippen LogP contribution in [0.5, 0.6) is 11.5 Å². The molecule has 0 saturated heterocycles. The number of aromatic hydroxyl groups is 1. The number of carbonyl (C=O) groups excluding carboxylic acids is 1. The average molecular weight is 397 g/mol. The van der Waals surface area contributed by atoms with Gasteiger partial charge in [-0.25, -0.2) is 0 Å². The number of halogens is 4. The van der Waals surface area contributed by atoms with Gasteiger partial charge >= 0.3 is 6.18 Å². The summed E-state index contributed by atoms with van der Waals surface area (Å²) in [5.74, 6) is -1.32. The summed E-state index contributed by atoms with van der Waals surface area (Å²) in [6.45, 7) is 0. The molecule has 0 radical (unpaired) electrons. The number of phenolic OH excluding ortho intramolecular Hbond substituents is 1. The van der Waals surface area contributed by atoms with Crippen LogP contribution in [0.1, 0.15) is 5.56 Å². The highest BCUT2D eigenvalue weighted by Crippen LogP contribution is 2.37. The predicted octanol–water partition coefficient (Wildman–Crippen LogP) is 4.40. The highest BCUT2D eigenvalue weighted by Gasteiger charge is 2.46. The summed E-state index contributed by atoms with van der Waals surface area (Å²) in [6, 6.07) is 10.3. The van der Waals surface area contributed by atoms with Gasteiger partial charge in [0.05, 0.1) is 23.4 Å². The molecule has 0 unspecified atom stereocenters. The van der Waals surface area contributed by atoms with E-state index >= 15 is 0 Å². The van der Waals surface area contributed by atoms with E-state index in [0.717, 1.165) is 6.08 Å². The van der Waals surface area contributed by atoms with Crippen LogP contribution in [0, 0.1) is 0 Å². The maximum Gasteiger partial charge on any atom is 0.435 e. The van der Waals surface area contributed by atoms with Crippen molar-refractivity contribution < 1.29 is 27.8 Å². The quantitative estimate of drug-likeness (QED) is 0.782. The van der Waals surface area contributed by atoms with Crippen LogP contribution in [0.25, 0.3) is 6.08 Å². The van der Waals surface area contributed by atoms with Crippen LogP contribution in [0.2, 0.25) is 5.02 Å². The normalized spacial score (nSPS) is 16.0. The second-order valence-corrected chi connectivity index (χ2v) is 5.92. The third kappa shape index (κ3) is 3.61. The van der Waals surface area contributed by atoms with Crippen molar-refractivity contribution in [3.05, 3.63) is 58.6 Å². The Morgan fingerprint density at radius 1 is 1.22 bits per heavy atom. The number of para-hydroxylation sites is 1. The third-order valence-corrected chi connectivity index (χ3v) is 4.02. The van der Waals surface area contributed by atoms with Gasteiger partial charge in [0.25, 0.3) is 5.91 Å². The van der Waals surface area contributed by atoms with Crippen LogP contribution >= 0.6 is 11.6 Å². The number of anilines is 1. The molecule has 0 aromatic heterocycles. The monoisotopic (exact) mass is 396 g/mol. The maximum absolute atomic E-state index is 13.4. The number of amides is 1. The fraction of sp³-hybridized carbons (Fsp3) is 0.111. The molecule has 1 aliphatic heterocycles. The molecule has 2 aromatic carbocycles. The number of hydrazone groups is 1. The number of methoxy groups -OCH3 is 1. The molecule has 1 aliphatic rings. The van der Waals surface area contributed by atoms with Crippen LogP contribution in [-0.2, 0) is 4.79 Å². The molecule has 0 atom stereocenters. The van der Waals surface area contributed by atoms with Crippen LogP contribution in [0.3, 0.4) is 0 Å². The van der Waals surface area contributed by atoms with Crippen molar-refractivity contribution in [2.45, 2.75) is 6.18 Å². The Labute approximate surface area is 156 Å². The number of carbonyl (C=O) groups is 1. The van der Waals surface area contributed by atoms with E-state index in [1.54, 1.807) is 18.2 Å². The number of ether oxygens (including phenoxy) is 1. The Kier molecular flexibility index (Phi) is 4.84. The predicted molar refractivity (Wildman–Crippen MR) is 95.1 cm³/mol. The van der Waals surface area contributed by atoms with E-state index in [-0.39, 0.29) is 27.8 Å². The first kappa shape index (κ1) is 18.8. The molecule has 0 aliphatic carbocycles. The topological polar surface area (TPSA) is 62.1 Å². The number of hydrogen-bond donors (Lipinski definition) is 1. The van der Waals surface area contributed by atoms with E-state index in [9.17, 15) is 23.1 Å². The number of nitrogens with zero attached hydrogens (tertiary/aromatic N) is 2. The van der Waals surface area contributed by atoms with Crippen LogP contribution in [-0.4, -0.2) is 30.0 Å². The average Bonchev–Trinajstić information content (AvgIpc) is 2.95. The van der Waals surface area contributed by atoms with Gasteiger partial charge in [0.15, 0.2) is 17.2 Å². The Morgan fingerprint density at radius 2 is 1.89 bits per heavy atom. The standard InChI is InChI=1S/C18H12ClF3N2O3/c1-27-14-9-10(8-13(19)15(14)25)7-12-16(18(20,21)22)23-24(17(12)26)11-5-3-2-4-6-11/h2-9,25H,1H3/b12-7-. The Bertz CT molecular complexity index is 956. The van der Waals surface area contributed by atoms with Gasteiger partial charge in [-0.3, -0.25) is 4.79 Å². The minimum absolute atomic E-state index is 0.0368. The maximum atomic E-state index is 13.4. The molecule has 1 heterocycles. The zero-order valence-corrected chi connectivity index (χ0v) is 14.5. The van der Waals surface area contributed by atoms with Gasteiger partial charge in [-0.2, -0.15) is 23.3 Å².